The third-order valence-corrected chi connectivity index (χ3v) is 8.77. The maximum atomic E-state index is 15.0. The minimum absolute atomic E-state index is 0.181. The predicted molar refractivity (Wildman–Crippen MR) is 167 cm³/mol. The number of nitriles is 1. The van der Waals surface area contributed by atoms with Gasteiger partial charge >= 0.3 is 0 Å². The summed E-state index contributed by atoms with van der Waals surface area (Å²) in [6.07, 6.45) is -1.61. The first-order valence-corrected chi connectivity index (χ1v) is 15.4. The summed E-state index contributed by atoms with van der Waals surface area (Å²) in [7, 11) is 0. The molecule has 1 amide bonds. The van der Waals surface area contributed by atoms with Crippen molar-refractivity contribution in [1.82, 2.24) is 19.8 Å². The Morgan fingerprint density at radius 1 is 1.16 bits per heavy atom. The number of hydrogen-bond acceptors (Lipinski definition) is 10. The molecule has 2 N–H and O–H groups in total. The average molecular weight is 616 g/mol. The van der Waals surface area contributed by atoms with E-state index in [-0.39, 0.29) is 30.3 Å². The molecule has 236 valence electrons. The molecule has 3 aliphatic heterocycles. The fourth-order valence-corrected chi connectivity index (χ4v) is 6.04. The van der Waals surface area contributed by atoms with Crippen molar-refractivity contribution in [2.75, 3.05) is 56.2 Å². The molecule has 0 saturated carbocycles. The number of ether oxygens (including phenoxy) is 2. The van der Waals surface area contributed by atoms with Gasteiger partial charge in [-0.25, -0.2) is 14.4 Å². The van der Waals surface area contributed by atoms with Crippen LogP contribution >= 0.6 is 0 Å². The van der Waals surface area contributed by atoms with E-state index in [1.165, 1.54) is 17.5 Å². The number of halogens is 1. The molecule has 4 atom stereocenters. The lowest BCUT2D eigenvalue weighted by Crippen LogP contribution is -2.56. The molecule has 4 heterocycles. The number of aromatic nitrogens is 2. The maximum absolute atomic E-state index is 15.0. The highest BCUT2D eigenvalue weighted by Gasteiger charge is 2.38. The van der Waals surface area contributed by atoms with Crippen molar-refractivity contribution in [3.05, 3.63) is 60.3 Å². The van der Waals surface area contributed by atoms with Gasteiger partial charge in [-0.2, -0.15) is 5.26 Å². The van der Waals surface area contributed by atoms with Crippen LogP contribution in [0.15, 0.2) is 54.7 Å². The molecule has 3 aromatic rings. The lowest BCUT2D eigenvalue weighted by Gasteiger charge is -2.43. The molecule has 1 aromatic heterocycles. The van der Waals surface area contributed by atoms with Gasteiger partial charge in [-0.3, -0.25) is 9.69 Å². The van der Waals surface area contributed by atoms with Gasteiger partial charge in [0.2, 0.25) is 0 Å². The second-order valence-corrected chi connectivity index (χ2v) is 11.9. The SMILES string of the molecule is C[C@H](O)C(=O)N1C[C@@H](F)[C@@H](Oc2ccc(-c3nccc(Nc4ccc(N5CCN(C6COC6)CC5)cc4)n3)cc2C#N)C[C@@H]1C. The highest BCUT2D eigenvalue weighted by atomic mass is 19.1. The molecule has 0 unspecified atom stereocenters. The van der Waals surface area contributed by atoms with E-state index in [9.17, 15) is 15.2 Å². The Kier molecular flexibility index (Phi) is 9.11. The lowest BCUT2D eigenvalue weighted by atomic mass is 9.98. The number of anilines is 3. The Bertz CT molecular complexity index is 1540. The number of aliphatic hydroxyl groups excluding tert-OH is 1. The molecule has 3 fully saturated rings. The van der Waals surface area contributed by atoms with Crippen LogP contribution in [-0.4, -0.2) is 107 Å². The number of piperazine rings is 1. The number of hydrogen-bond donors (Lipinski definition) is 2. The molecule has 3 saturated heterocycles. The normalized spacial score (nSPS) is 23.1. The Morgan fingerprint density at radius 2 is 1.91 bits per heavy atom. The Hall–Kier alpha value is -4.31. The summed E-state index contributed by atoms with van der Waals surface area (Å²) in [5, 5.41) is 22.8. The van der Waals surface area contributed by atoms with E-state index in [4.69, 9.17) is 9.47 Å². The number of rotatable bonds is 8. The van der Waals surface area contributed by atoms with Gasteiger partial charge in [0.25, 0.3) is 5.91 Å². The van der Waals surface area contributed by atoms with Crippen molar-refractivity contribution in [3.63, 3.8) is 0 Å². The first kappa shape index (κ1) is 30.7. The number of carbonyl (C=O) groups excluding carboxylic acids is 1. The number of nitrogens with one attached hydrogen (secondary N) is 1. The molecular weight excluding hydrogens is 577 g/mol. The van der Waals surface area contributed by atoms with E-state index in [2.05, 4.69) is 43.3 Å². The second kappa shape index (κ2) is 13.4. The molecule has 12 heteroatoms. The number of benzene rings is 2. The first-order valence-electron chi connectivity index (χ1n) is 15.4. The van der Waals surface area contributed by atoms with Gasteiger partial charge in [-0.1, -0.05) is 0 Å². The topological polar surface area (TPSA) is 127 Å². The summed E-state index contributed by atoms with van der Waals surface area (Å²) in [6, 6.07) is 17.5. The predicted octanol–water partition coefficient (Wildman–Crippen LogP) is 3.37. The van der Waals surface area contributed by atoms with E-state index < -0.39 is 24.3 Å². The van der Waals surface area contributed by atoms with Crippen LogP contribution in [-0.2, 0) is 9.53 Å². The molecule has 0 bridgehead atoms. The van der Waals surface area contributed by atoms with Crippen molar-refractivity contribution >= 4 is 23.1 Å². The molecule has 11 nitrogen and oxygen atoms in total. The smallest absolute Gasteiger partial charge is 0.251 e. The zero-order valence-corrected chi connectivity index (χ0v) is 25.5. The zero-order chi connectivity index (χ0) is 31.5. The van der Waals surface area contributed by atoms with Gasteiger partial charge in [0.15, 0.2) is 12.0 Å². The largest absolute Gasteiger partial charge is 0.486 e. The fraction of sp³-hybridized carbons (Fsp3) is 0.455. The zero-order valence-electron chi connectivity index (χ0n) is 25.5. The van der Waals surface area contributed by atoms with Gasteiger partial charge < -0.3 is 29.7 Å². The number of aliphatic hydroxyl groups is 1. The van der Waals surface area contributed by atoms with Gasteiger partial charge in [-0.15, -0.1) is 0 Å². The molecule has 3 aliphatic rings. The van der Waals surface area contributed by atoms with Gasteiger partial charge in [-0.05, 0) is 62.4 Å². The summed E-state index contributed by atoms with van der Waals surface area (Å²) in [4.78, 5) is 27.5. The van der Waals surface area contributed by atoms with Crippen molar-refractivity contribution < 1.29 is 23.8 Å². The average Bonchev–Trinajstić information content (AvgIpc) is 3.02. The number of amides is 1. The quantitative estimate of drug-likeness (QED) is 0.390. The van der Waals surface area contributed by atoms with Gasteiger partial charge in [0.1, 0.15) is 29.8 Å². The summed E-state index contributed by atoms with van der Waals surface area (Å²) < 4.78 is 26.3. The van der Waals surface area contributed by atoms with Crippen LogP contribution in [0, 0.1) is 11.3 Å². The molecule has 0 spiro atoms. The minimum Gasteiger partial charge on any atom is -0.486 e. The summed E-state index contributed by atoms with van der Waals surface area (Å²) in [6.45, 7) is 8.74. The molecule has 2 aromatic carbocycles. The van der Waals surface area contributed by atoms with E-state index in [1.807, 2.05) is 12.1 Å². The Morgan fingerprint density at radius 3 is 2.58 bits per heavy atom. The van der Waals surface area contributed by atoms with Crippen molar-refractivity contribution in [1.29, 1.82) is 5.26 Å². The van der Waals surface area contributed by atoms with E-state index in [0.29, 0.717) is 23.2 Å². The third-order valence-electron chi connectivity index (χ3n) is 8.77. The van der Waals surface area contributed by atoms with Crippen molar-refractivity contribution in [3.8, 4) is 23.2 Å². The van der Waals surface area contributed by atoms with E-state index >= 15 is 4.39 Å². The minimum atomic E-state index is -1.46. The number of likely N-dealkylation sites (tertiary alicyclic amines) is 1. The van der Waals surface area contributed by atoms with Gasteiger partial charge in [0.05, 0.1) is 31.4 Å². The molecular formula is C33H38FN7O4. The van der Waals surface area contributed by atoms with Crippen LogP contribution in [0.2, 0.25) is 0 Å². The maximum Gasteiger partial charge on any atom is 0.251 e. The fourth-order valence-electron chi connectivity index (χ4n) is 6.04. The number of piperidine rings is 1. The standard InChI is InChI=1S/C33H38FN7O4/c1-21-15-30(28(34)18-41(21)33(43)22(2)42)45-29-8-3-23(16-24(29)17-35)32-36-10-9-31(38-32)37-25-4-6-26(7-5-25)39-11-13-40(14-12-39)27-19-44-20-27/h3-10,16,21-22,27-28,30,42H,11-15,18-20H2,1-2H3,(H,36,37,38)/t21-,22-,28+,30-/m0/s1. The number of alkyl halides is 1. The third kappa shape index (κ3) is 6.86. The Balaban J connectivity index is 1.08. The summed E-state index contributed by atoms with van der Waals surface area (Å²) in [5.41, 5.74) is 2.93. The van der Waals surface area contributed by atoms with Crippen LogP contribution in [0.25, 0.3) is 11.4 Å². The summed E-state index contributed by atoms with van der Waals surface area (Å²) in [5.74, 6) is 0.778. The second-order valence-electron chi connectivity index (χ2n) is 11.9. The van der Waals surface area contributed by atoms with Crippen LogP contribution in [0.3, 0.4) is 0 Å². The number of nitrogens with zero attached hydrogens (tertiary/aromatic N) is 6. The number of carbonyl (C=O) groups is 1. The first-order chi connectivity index (χ1) is 21.8. The molecule has 45 heavy (non-hydrogen) atoms. The van der Waals surface area contributed by atoms with Crippen molar-refractivity contribution in [2.24, 2.45) is 0 Å². The Labute approximate surface area is 262 Å². The van der Waals surface area contributed by atoms with Crippen LogP contribution in [0.1, 0.15) is 25.8 Å². The lowest BCUT2D eigenvalue weighted by molar-refractivity contribution is -0.146. The molecule has 0 radical (unpaired) electrons. The molecule has 0 aliphatic carbocycles. The highest BCUT2D eigenvalue weighted by Crippen LogP contribution is 2.30. The summed E-state index contributed by atoms with van der Waals surface area (Å²) >= 11 is 0. The van der Waals surface area contributed by atoms with Crippen molar-refractivity contribution in [2.45, 2.75) is 50.7 Å². The van der Waals surface area contributed by atoms with Crippen LogP contribution in [0.5, 0.6) is 5.75 Å². The van der Waals surface area contributed by atoms with E-state index in [0.717, 1.165) is 45.1 Å². The van der Waals surface area contributed by atoms with Crippen LogP contribution in [0.4, 0.5) is 21.6 Å². The van der Waals surface area contributed by atoms with Crippen LogP contribution < -0.4 is 15.0 Å². The monoisotopic (exact) mass is 615 g/mol. The van der Waals surface area contributed by atoms with E-state index in [1.54, 1.807) is 37.4 Å². The molecule has 6 rings (SSSR count). The highest BCUT2D eigenvalue weighted by molar-refractivity contribution is 5.80. The van der Waals surface area contributed by atoms with Gasteiger partial charge in [0, 0.05) is 61.8 Å².